The van der Waals surface area contributed by atoms with Gasteiger partial charge in [-0.3, -0.25) is 9.59 Å². The van der Waals surface area contributed by atoms with E-state index < -0.39 is 5.97 Å². The van der Waals surface area contributed by atoms with Gasteiger partial charge in [-0.2, -0.15) is 0 Å². The highest BCUT2D eigenvalue weighted by Crippen LogP contribution is 2.27. The molecule has 1 saturated carbocycles. The van der Waals surface area contributed by atoms with E-state index >= 15 is 0 Å². The van der Waals surface area contributed by atoms with Crippen LogP contribution in [0.3, 0.4) is 0 Å². The number of hydrogen-bond acceptors (Lipinski definition) is 3. The predicted molar refractivity (Wildman–Crippen MR) is 79.7 cm³/mol. The summed E-state index contributed by atoms with van der Waals surface area (Å²) in [5, 5.41) is 8.84. The third-order valence-corrected chi connectivity index (χ3v) is 4.18. The molecule has 1 amide bonds. The van der Waals surface area contributed by atoms with E-state index in [0.29, 0.717) is 5.75 Å². The second-order valence-corrected chi connectivity index (χ2v) is 6.11. The van der Waals surface area contributed by atoms with Gasteiger partial charge in [0.2, 0.25) is 5.91 Å². The molecule has 1 aromatic carbocycles. The molecular weight excluding hydrogens is 274 g/mol. The molecule has 0 radical (unpaired) electrons. The summed E-state index contributed by atoms with van der Waals surface area (Å²) in [6, 6.07) is 8.35. The van der Waals surface area contributed by atoms with Crippen molar-refractivity contribution in [3.05, 3.63) is 35.4 Å². The molecule has 1 aliphatic rings. The van der Waals surface area contributed by atoms with Gasteiger partial charge in [0.05, 0.1) is 5.75 Å². The SMILES string of the molecule is Cc1cccc(CSCC(=O)N(CC(=O)O)C2CC2)c1. The number of rotatable bonds is 7. The second kappa shape index (κ2) is 6.79. The summed E-state index contributed by atoms with van der Waals surface area (Å²) in [5.74, 6) is 0.123. The average Bonchev–Trinajstić information content (AvgIpc) is 3.20. The lowest BCUT2D eigenvalue weighted by Gasteiger charge is -2.19. The number of carbonyl (C=O) groups is 2. The van der Waals surface area contributed by atoms with Gasteiger partial charge in [0.15, 0.2) is 0 Å². The highest BCUT2D eigenvalue weighted by molar-refractivity contribution is 7.99. The van der Waals surface area contributed by atoms with Crippen molar-refractivity contribution in [1.29, 1.82) is 0 Å². The standard InChI is InChI=1S/C15H19NO3S/c1-11-3-2-4-12(7-11)9-20-10-14(17)16(8-15(18)19)13-5-6-13/h2-4,7,13H,5-6,8-10H2,1H3,(H,18,19). The minimum Gasteiger partial charge on any atom is -0.480 e. The third-order valence-electron chi connectivity index (χ3n) is 3.19. The van der Waals surface area contributed by atoms with E-state index in [1.165, 1.54) is 27.8 Å². The average molecular weight is 293 g/mol. The lowest BCUT2D eigenvalue weighted by Crippen LogP contribution is -2.38. The summed E-state index contributed by atoms with van der Waals surface area (Å²) < 4.78 is 0. The minimum absolute atomic E-state index is 0.0625. The van der Waals surface area contributed by atoms with Crippen LogP contribution >= 0.6 is 11.8 Å². The Balaban J connectivity index is 1.80. The summed E-state index contributed by atoms with van der Waals surface area (Å²) in [7, 11) is 0. The number of amides is 1. The first-order valence-corrected chi connectivity index (χ1v) is 7.86. The van der Waals surface area contributed by atoms with E-state index in [0.717, 1.165) is 18.6 Å². The summed E-state index contributed by atoms with van der Waals surface area (Å²) in [6.07, 6.45) is 1.86. The van der Waals surface area contributed by atoms with Gasteiger partial charge in [-0.15, -0.1) is 11.8 Å². The lowest BCUT2D eigenvalue weighted by molar-refractivity contribution is -0.143. The number of carboxylic acids is 1. The van der Waals surface area contributed by atoms with E-state index in [1.54, 1.807) is 0 Å². The van der Waals surface area contributed by atoms with Crippen LogP contribution < -0.4 is 0 Å². The monoisotopic (exact) mass is 293 g/mol. The van der Waals surface area contributed by atoms with E-state index in [4.69, 9.17) is 5.11 Å². The largest absolute Gasteiger partial charge is 0.480 e. The molecule has 1 aromatic rings. The number of carboxylic acid groups (broad SMARTS) is 1. The van der Waals surface area contributed by atoms with Gasteiger partial charge in [-0.25, -0.2) is 0 Å². The molecule has 0 spiro atoms. The number of aryl methyl sites for hydroxylation is 1. The Hall–Kier alpha value is -1.49. The van der Waals surface area contributed by atoms with Crippen molar-refractivity contribution in [2.45, 2.75) is 31.6 Å². The van der Waals surface area contributed by atoms with Crippen molar-refractivity contribution in [3.8, 4) is 0 Å². The molecule has 1 N–H and O–H groups in total. The second-order valence-electron chi connectivity index (χ2n) is 5.13. The lowest BCUT2D eigenvalue weighted by atomic mass is 10.2. The predicted octanol–water partition coefficient (Wildman–Crippen LogP) is 2.30. The van der Waals surface area contributed by atoms with Crippen molar-refractivity contribution < 1.29 is 14.7 Å². The third kappa shape index (κ3) is 4.56. The van der Waals surface area contributed by atoms with Crippen LogP contribution in [-0.4, -0.2) is 40.2 Å². The van der Waals surface area contributed by atoms with E-state index in [-0.39, 0.29) is 18.5 Å². The Morgan fingerprint density at radius 2 is 2.15 bits per heavy atom. The van der Waals surface area contributed by atoms with Crippen LogP contribution in [0.1, 0.15) is 24.0 Å². The first kappa shape index (κ1) is 14.9. The van der Waals surface area contributed by atoms with Crippen molar-refractivity contribution >= 4 is 23.6 Å². The number of hydrogen-bond donors (Lipinski definition) is 1. The quantitative estimate of drug-likeness (QED) is 0.838. The maximum absolute atomic E-state index is 12.1. The molecule has 1 fully saturated rings. The Kier molecular flexibility index (Phi) is 5.06. The normalized spacial score (nSPS) is 14.1. The number of benzene rings is 1. The summed E-state index contributed by atoms with van der Waals surface area (Å²) >= 11 is 1.54. The first-order chi connectivity index (χ1) is 9.56. The molecule has 0 aliphatic heterocycles. The van der Waals surface area contributed by atoms with Gasteiger partial charge in [-0.05, 0) is 25.3 Å². The Morgan fingerprint density at radius 3 is 2.75 bits per heavy atom. The van der Waals surface area contributed by atoms with Gasteiger partial charge in [0, 0.05) is 11.8 Å². The molecule has 1 aliphatic carbocycles. The van der Waals surface area contributed by atoms with E-state index in [2.05, 4.69) is 6.07 Å². The van der Waals surface area contributed by atoms with Crippen LogP contribution in [-0.2, 0) is 15.3 Å². The summed E-state index contributed by atoms with van der Waals surface area (Å²) in [6.45, 7) is 1.87. The van der Waals surface area contributed by atoms with Crippen molar-refractivity contribution in [2.24, 2.45) is 0 Å². The number of thioether (sulfide) groups is 1. The molecule has 0 saturated heterocycles. The van der Waals surface area contributed by atoms with Gasteiger partial charge in [0.25, 0.3) is 0 Å². The molecule has 0 bridgehead atoms. The minimum atomic E-state index is -0.936. The van der Waals surface area contributed by atoms with Crippen LogP contribution in [0.25, 0.3) is 0 Å². The van der Waals surface area contributed by atoms with Gasteiger partial charge in [-0.1, -0.05) is 29.8 Å². The van der Waals surface area contributed by atoms with E-state index in [9.17, 15) is 9.59 Å². The highest BCUT2D eigenvalue weighted by atomic mass is 32.2. The highest BCUT2D eigenvalue weighted by Gasteiger charge is 2.33. The Morgan fingerprint density at radius 1 is 1.40 bits per heavy atom. The summed E-state index contributed by atoms with van der Waals surface area (Å²) in [4.78, 5) is 24.3. The maximum Gasteiger partial charge on any atom is 0.323 e. The first-order valence-electron chi connectivity index (χ1n) is 6.71. The molecule has 0 unspecified atom stereocenters. The smallest absolute Gasteiger partial charge is 0.323 e. The number of nitrogens with zero attached hydrogens (tertiary/aromatic N) is 1. The van der Waals surface area contributed by atoms with Crippen molar-refractivity contribution in [1.82, 2.24) is 4.90 Å². The fourth-order valence-electron chi connectivity index (χ4n) is 2.09. The molecule has 2 rings (SSSR count). The topological polar surface area (TPSA) is 57.6 Å². The fourth-order valence-corrected chi connectivity index (χ4v) is 2.95. The fraction of sp³-hybridized carbons (Fsp3) is 0.467. The van der Waals surface area contributed by atoms with Gasteiger partial charge >= 0.3 is 5.97 Å². The Bertz CT molecular complexity index is 500. The molecule has 4 nitrogen and oxygen atoms in total. The van der Waals surface area contributed by atoms with Gasteiger partial charge < -0.3 is 10.0 Å². The molecule has 20 heavy (non-hydrogen) atoms. The van der Waals surface area contributed by atoms with Crippen LogP contribution in [0.5, 0.6) is 0 Å². The maximum atomic E-state index is 12.1. The van der Waals surface area contributed by atoms with Crippen LogP contribution in [0.2, 0.25) is 0 Å². The van der Waals surface area contributed by atoms with Crippen LogP contribution in [0, 0.1) is 6.92 Å². The zero-order valence-corrected chi connectivity index (χ0v) is 12.4. The molecule has 5 heteroatoms. The van der Waals surface area contributed by atoms with Crippen LogP contribution in [0.4, 0.5) is 0 Å². The van der Waals surface area contributed by atoms with Crippen LogP contribution in [0.15, 0.2) is 24.3 Å². The molecule has 0 aromatic heterocycles. The molecule has 108 valence electrons. The van der Waals surface area contributed by atoms with Gasteiger partial charge in [0.1, 0.15) is 6.54 Å². The zero-order chi connectivity index (χ0) is 14.5. The summed E-state index contributed by atoms with van der Waals surface area (Å²) in [5.41, 5.74) is 2.40. The number of carbonyl (C=O) groups excluding carboxylic acids is 1. The zero-order valence-electron chi connectivity index (χ0n) is 11.5. The molecule has 0 atom stereocenters. The Labute approximate surface area is 123 Å². The van der Waals surface area contributed by atoms with Crippen molar-refractivity contribution in [3.63, 3.8) is 0 Å². The van der Waals surface area contributed by atoms with E-state index in [1.807, 2.05) is 25.1 Å². The molecular formula is C15H19NO3S. The van der Waals surface area contributed by atoms with Crippen molar-refractivity contribution in [2.75, 3.05) is 12.3 Å². The molecule has 0 heterocycles. The number of aliphatic carboxylic acids is 1.